The van der Waals surface area contributed by atoms with Crippen LogP contribution in [-0.4, -0.2) is 61.3 Å². The first-order valence-corrected chi connectivity index (χ1v) is 10.0. The molecule has 0 aliphatic rings. The SMILES string of the molecule is CCC(NC(=O)CNC(=O)c1cccc(S(=O)(=O)N(CC)CC)c1)C(=O)O. The van der Waals surface area contributed by atoms with Gasteiger partial charge in [0, 0.05) is 18.7 Å². The second-order valence-corrected chi connectivity index (χ2v) is 7.60. The van der Waals surface area contributed by atoms with Crippen LogP contribution in [0.3, 0.4) is 0 Å². The van der Waals surface area contributed by atoms with Gasteiger partial charge in [-0.15, -0.1) is 0 Å². The Morgan fingerprint density at radius 3 is 2.30 bits per heavy atom. The number of carbonyl (C=O) groups excluding carboxylic acids is 2. The number of sulfonamides is 1. The monoisotopic (exact) mass is 399 g/mol. The fourth-order valence-corrected chi connectivity index (χ4v) is 3.86. The molecule has 1 unspecified atom stereocenters. The Bertz CT molecular complexity index is 790. The van der Waals surface area contributed by atoms with Crippen LogP contribution in [0.4, 0.5) is 0 Å². The van der Waals surface area contributed by atoms with Gasteiger partial charge in [-0.2, -0.15) is 4.31 Å². The Morgan fingerprint density at radius 1 is 1.15 bits per heavy atom. The number of benzene rings is 1. The van der Waals surface area contributed by atoms with Crippen LogP contribution < -0.4 is 10.6 Å². The third-order valence-electron chi connectivity index (χ3n) is 3.89. The molecule has 150 valence electrons. The molecule has 3 N–H and O–H groups in total. The van der Waals surface area contributed by atoms with Crippen molar-refractivity contribution in [2.45, 2.75) is 38.1 Å². The number of carboxylic acids is 1. The number of hydrogen-bond donors (Lipinski definition) is 3. The van der Waals surface area contributed by atoms with Crippen LogP contribution >= 0.6 is 0 Å². The van der Waals surface area contributed by atoms with E-state index in [4.69, 9.17) is 5.11 Å². The molecule has 9 nitrogen and oxygen atoms in total. The van der Waals surface area contributed by atoms with Crippen molar-refractivity contribution in [1.82, 2.24) is 14.9 Å². The van der Waals surface area contributed by atoms with Gasteiger partial charge < -0.3 is 15.7 Å². The maximum atomic E-state index is 12.5. The topological polar surface area (TPSA) is 133 Å². The zero-order chi connectivity index (χ0) is 20.6. The number of hydrogen-bond acceptors (Lipinski definition) is 5. The van der Waals surface area contributed by atoms with E-state index in [9.17, 15) is 22.8 Å². The van der Waals surface area contributed by atoms with E-state index in [-0.39, 0.29) is 16.9 Å². The number of amides is 2. The third-order valence-corrected chi connectivity index (χ3v) is 5.94. The van der Waals surface area contributed by atoms with Gasteiger partial charge >= 0.3 is 5.97 Å². The summed E-state index contributed by atoms with van der Waals surface area (Å²) in [7, 11) is -3.71. The van der Waals surface area contributed by atoms with Crippen molar-refractivity contribution >= 4 is 27.8 Å². The first-order chi connectivity index (χ1) is 12.7. The number of carbonyl (C=O) groups is 3. The zero-order valence-corrected chi connectivity index (χ0v) is 16.4. The van der Waals surface area contributed by atoms with Crippen LogP contribution in [0, 0.1) is 0 Å². The number of rotatable bonds is 10. The van der Waals surface area contributed by atoms with Crippen molar-refractivity contribution in [3.05, 3.63) is 29.8 Å². The molecule has 0 saturated heterocycles. The van der Waals surface area contributed by atoms with E-state index in [0.29, 0.717) is 13.1 Å². The van der Waals surface area contributed by atoms with E-state index in [1.165, 1.54) is 28.6 Å². The molecule has 1 aromatic rings. The normalized spacial score (nSPS) is 12.4. The van der Waals surface area contributed by atoms with Gasteiger partial charge in [0.05, 0.1) is 11.4 Å². The average molecular weight is 399 g/mol. The molecule has 1 rings (SSSR count). The summed E-state index contributed by atoms with van der Waals surface area (Å²) in [6.07, 6.45) is 0.209. The predicted octanol–water partition coefficient (Wildman–Crippen LogP) is 0.426. The molecule has 0 aromatic heterocycles. The second-order valence-electron chi connectivity index (χ2n) is 5.67. The van der Waals surface area contributed by atoms with E-state index in [0.717, 1.165) is 0 Å². The van der Waals surface area contributed by atoms with E-state index >= 15 is 0 Å². The minimum atomic E-state index is -3.71. The van der Waals surface area contributed by atoms with E-state index < -0.39 is 40.4 Å². The maximum Gasteiger partial charge on any atom is 0.326 e. The third kappa shape index (κ3) is 6.04. The van der Waals surface area contributed by atoms with Gasteiger partial charge in [-0.1, -0.05) is 26.8 Å². The summed E-state index contributed by atoms with van der Waals surface area (Å²) in [5, 5.41) is 13.5. The quantitative estimate of drug-likeness (QED) is 0.522. The second kappa shape index (κ2) is 10.0. The molecule has 0 radical (unpaired) electrons. The number of nitrogens with zero attached hydrogens (tertiary/aromatic N) is 1. The lowest BCUT2D eigenvalue weighted by molar-refractivity contribution is -0.141. The van der Waals surface area contributed by atoms with Crippen LogP contribution in [0.25, 0.3) is 0 Å². The molecule has 27 heavy (non-hydrogen) atoms. The fourth-order valence-electron chi connectivity index (χ4n) is 2.36. The lowest BCUT2D eigenvalue weighted by Crippen LogP contribution is -2.45. The van der Waals surface area contributed by atoms with Crippen LogP contribution in [0.5, 0.6) is 0 Å². The zero-order valence-electron chi connectivity index (χ0n) is 15.6. The van der Waals surface area contributed by atoms with Gasteiger partial charge in [-0.3, -0.25) is 9.59 Å². The Balaban J connectivity index is 2.83. The Morgan fingerprint density at radius 2 is 1.78 bits per heavy atom. The Labute approximate surface area is 158 Å². The molecule has 0 fully saturated rings. The highest BCUT2D eigenvalue weighted by atomic mass is 32.2. The molecule has 1 atom stereocenters. The average Bonchev–Trinajstić information content (AvgIpc) is 2.64. The van der Waals surface area contributed by atoms with Crippen LogP contribution in [0.15, 0.2) is 29.2 Å². The highest BCUT2D eigenvalue weighted by Gasteiger charge is 2.23. The smallest absolute Gasteiger partial charge is 0.326 e. The largest absolute Gasteiger partial charge is 0.480 e. The Hall–Kier alpha value is -2.46. The van der Waals surface area contributed by atoms with Gasteiger partial charge in [-0.05, 0) is 24.6 Å². The predicted molar refractivity (Wildman–Crippen MR) is 98.7 cm³/mol. The summed E-state index contributed by atoms with van der Waals surface area (Å²) in [5.74, 6) is -2.44. The van der Waals surface area contributed by atoms with Gasteiger partial charge in [0.15, 0.2) is 0 Å². The summed E-state index contributed by atoms with van der Waals surface area (Å²) in [6, 6.07) is 4.49. The first-order valence-electron chi connectivity index (χ1n) is 8.57. The van der Waals surface area contributed by atoms with Gasteiger partial charge in [0.25, 0.3) is 5.91 Å². The molecule has 0 bridgehead atoms. The van der Waals surface area contributed by atoms with Gasteiger partial charge in [0.2, 0.25) is 15.9 Å². The van der Waals surface area contributed by atoms with Crippen molar-refractivity contribution in [1.29, 1.82) is 0 Å². The van der Waals surface area contributed by atoms with Crippen molar-refractivity contribution in [2.75, 3.05) is 19.6 Å². The molecule has 0 saturated carbocycles. The highest BCUT2D eigenvalue weighted by Crippen LogP contribution is 2.16. The first kappa shape index (κ1) is 22.6. The van der Waals surface area contributed by atoms with Crippen LogP contribution in [0.1, 0.15) is 37.6 Å². The van der Waals surface area contributed by atoms with Crippen molar-refractivity contribution in [3.63, 3.8) is 0 Å². The molecule has 1 aromatic carbocycles. The van der Waals surface area contributed by atoms with Crippen LogP contribution in [-0.2, 0) is 19.6 Å². The fraction of sp³-hybridized carbons (Fsp3) is 0.471. The number of carboxylic acid groups (broad SMARTS) is 1. The van der Waals surface area contributed by atoms with Crippen molar-refractivity contribution in [2.24, 2.45) is 0 Å². The van der Waals surface area contributed by atoms with Crippen molar-refractivity contribution < 1.29 is 27.9 Å². The standard InChI is InChI=1S/C17H25N3O6S/c1-4-14(17(23)24)19-15(21)11-18-16(22)12-8-7-9-13(10-12)27(25,26)20(5-2)6-3/h7-10,14H,4-6,11H2,1-3H3,(H,18,22)(H,19,21)(H,23,24). The van der Waals surface area contributed by atoms with Gasteiger partial charge in [0.1, 0.15) is 6.04 Å². The molecular weight excluding hydrogens is 374 g/mol. The molecule has 10 heteroatoms. The minimum Gasteiger partial charge on any atom is -0.480 e. The van der Waals surface area contributed by atoms with E-state index in [2.05, 4.69) is 10.6 Å². The summed E-state index contributed by atoms with van der Waals surface area (Å²) < 4.78 is 26.3. The van der Waals surface area contributed by atoms with Crippen molar-refractivity contribution in [3.8, 4) is 0 Å². The maximum absolute atomic E-state index is 12.5. The number of nitrogens with one attached hydrogen (secondary N) is 2. The minimum absolute atomic E-state index is 0.0137. The molecule has 0 aliphatic heterocycles. The van der Waals surface area contributed by atoms with Crippen LogP contribution in [0.2, 0.25) is 0 Å². The van der Waals surface area contributed by atoms with Gasteiger partial charge in [-0.25, -0.2) is 13.2 Å². The number of aliphatic carboxylic acids is 1. The summed E-state index contributed by atoms with van der Waals surface area (Å²) >= 11 is 0. The molecule has 0 aliphatic carbocycles. The summed E-state index contributed by atoms with van der Waals surface area (Å²) in [6.45, 7) is 5.23. The highest BCUT2D eigenvalue weighted by molar-refractivity contribution is 7.89. The lowest BCUT2D eigenvalue weighted by atomic mass is 10.2. The Kier molecular flexibility index (Phi) is 8.38. The molecule has 2 amide bonds. The van der Waals surface area contributed by atoms with E-state index in [1.807, 2.05) is 0 Å². The van der Waals surface area contributed by atoms with E-state index in [1.54, 1.807) is 20.8 Å². The molecule has 0 spiro atoms. The lowest BCUT2D eigenvalue weighted by Gasteiger charge is -2.18. The molecule has 0 heterocycles. The summed E-state index contributed by atoms with van der Waals surface area (Å²) in [5.41, 5.74) is 0.0845. The summed E-state index contributed by atoms with van der Waals surface area (Å²) in [4.78, 5) is 34.8. The molecular formula is C17H25N3O6S.